The molecule has 0 aliphatic heterocycles. The van der Waals surface area contributed by atoms with E-state index in [4.69, 9.17) is 0 Å². The molecule has 0 radical (unpaired) electrons. The molecule has 0 bridgehead atoms. The fraction of sp³-hybridized carbons (Fsp3) is 0.273. The predicted molar refractivity (Wildman–Crippen MR) is 115 cm³/mol. The van der Waals surface area contributed by atoms with Gasteiger partial charge in [0, 0.05) is 30.7 Å². The van der Waals surface area contributed by atoms with E-state index >= 15 is 0 Å². The maximum Gasteiger partial charge on any atom is 0.229 e. The molecular weight excluding hydrogens is 366 g/mol. The lowest BCUT2D eigenvalue weighted by Crippen LogP contribution is -2.04. The van der Waals surface area contributed by atoms with Crippen LogP contribution in [0.2, 0.25) is 0 Å². The third-order valence-electron chi connectivity index (χ3n) is 5.24. The number of phenolic OH excluding ortho intramolecular Hbond substituents is 2. The number of phenols is 2. The molecule has 4 rings (SSSR count). The van der Waals surface area contributed by atoms with Gasteiger partial charge in [-0.15, -0.1) is 10.2 Å². The van der Waals surface area contributed by atoms with Crippen molar-refractivity contribution in [3.05, 3.63) is 48.2 Å². The van der Waals surface area contributed by atoms with Crippen molar-refractivity contribution < 1.29 is 10.2 Å². The van der Waals surface area contributed by atoms with E-state index < -0.39 is 0 Å². The summed E-state index contributed by atoms with van der Waals surface area (Å²) in [6.45, 7) is 6.25. The summed E-state index contributed by atoms with van der Waals surface area (Å²) in [5.74, 6) is 1.11. The molecule has 0 unspecified atom stereocenters. The number of aromatic hydroxyl groups is 2. The van der Waals surface area contributed by atoms with E-state index in [9.17, 15) is 10.2 Å². The molecule has 0 saturated heterocycles. The van der Waals surface area contributed by atoms with Gasteiger partial charge in [-0.1, -0.05) is 13.0 Å². The Bertz CT molecular complexity index is 1190. The van der Waals surface area contributed by atoms with Gasteiger partial charge >= 0.3 is 0 Å². The summed E-state index contributed by atoms with van der Waals surface area (Å²) in [7, 11) is 1.79. The predicted octanol–water partition coefficient (Wildman–Crippen LogP) is 4.49. The van der Waals surface area contributed by atoms with Gasteiger partial charge in [0.15, 0.2) is 5.82 Å². The summed E-state index contributed by atoms with van der Waals surface area (Å²) in [5, 5.41) is 33.4. The topological polar surface area (TPSA) is 88.1 Å². The van der Waals surface area contributed by atoms with Crippen molar-refractivity contribution in [2.75, 3.05) is 12.4 Å². The van der Waals surface area contributed by atoms with Crippen LogP contribution < -0.4 is 5.32 Å². The molecule has 7 heteroatoms. The highest BCUT2D eigenvalue weighted by atomic mass is 16.3. The van der Waals surface area contributed by atoms with Crippen molar-refractivity contribution >= 4 is 16.9 Å². The van der Waals surface area contributed by atoms with Crippen LogP contribution in [0.5, 0.6) is 11.5 Å². The smallest absolute Gasteiger partial charge is 0.229 e. The van der Waals surface area contributed by atoms with Gasteiger partial charge in [-0.25, -0.2) is 0 Å². The number of fused-ring (bicyclic) bond motifs is 1. The second-order valence-electron chi connectivity index (χ2n) is 7.31. The second kappa shape index (κ2) is 7.16. The first-order valence-corrected chi connectivity index (χ1v) is 9.74. The lowest BCUT2D eigenvalue weighted by molar-refractivity contribution is 0.447. The maximum absolute atomic E-state index is 10.5. The van der Waals surface area contributed by atoms with Crippen molar-refractivity contribution in [3.8, 4) is 28.6 Å². The zero-order chi connectivity index (χ0) is 20.7. The standard InChI is InChI=1S/C22H25N5O2/c1-5-14-11-16(20(29)12-19(14)28)21-24-25-22(23-4)27(21)18-8-6-7-17-15(18)9-10-26(17)13(2)3/h6-13,28-29H,5H2,1-4H3,(H,23,25). The highest BCUT2D eigenvalue weighted by Gasteiger charge is 2.21. The Hall–Kier alpha value is -3.48. The minimum absolute atomic E-state index is 0.0390. The molecule has 29 heavy (non-hydrogen) atoms. The average Bonchev–Trinajstić information content (AvgIpc) is 3.32. The number of hydrogen-bond acceptors (Lipinski definition) is 5. The highest BCUT2D eigenvalue weighted by molar-refractivity contribution is 5.90. The van der Waals surface area contributed by atoms with Gasteiger partial charge in [0.25, 0.3) is 0 Å². The molecule has 0 aliphatic rings. The van der Waals surface area contributed by atoms with Crippen LogP contribution >= 0.6 is 0 Å². The fourth-order valence-corrected chi connectivity index (χ4v) is 3.75. The zero-order valence-corrected chi connectivity index (χ0v) is 17.0. The lowest BCUT2D eigenvalue weighted by Gasteiger charge is -2.15. The molecule has 0 saturated carbocycles. The monoisotopic (exact) mass is 391 g/mol. The van der Waals surface area contributed by atoms with Crippen LogP contribution in [-0.4, -0.2) is 36.6 Å². The van der Waals surface area contributed by atoms with Crippen LogP contribution in [0.25, 0.3) is 28.0 Å². The van der Waals surface area contributed by atoms with Crippen LogP contribution in [-0.2, 0) is 6.42 Å². The summed E-state index contributed by atoms with van der Waals surface area (Å²) in [5.41, 5.74) is 3.29. The number of rotatable bonds is 5. The fourth-order valence-electron chi connectivity index (χ4n) is 3.75. The summed E-state index contributed by atoms with van der Waals surface area (Å²) >= 11 is 0. The van der Waals surface area contributed by atoms with Crippen LogP contribution in [0.3, 0.4) is 0 Å². The third kappa shape index (κ3) is 2.99. The molecule has 2 heterocycles. The van der Waals surface area contributed by atoms with E-state index in [1.54, 1.807) is 13.1 Å². The van der Waals surface area contributed by atoms with Crippen molar-refractivity contribution in [1.29, 1.82) is 0 Å². The molecular formula is C22H25N5O2. The number of aromatic nitrogens is 4. The molecule has 0 atom stereocenters. The van der Waals surface area contributed by atoms with Crippen molar-refractivity contribution in [2.24, 2.45) is 0 Å². The van der Waals surface area contributed by atoms with Gasteiger partial charge in [0.05, 0.1) is 16.8 Å². The molecule has 2 aromatic carbocycles. The van der Waals surface area contributed by atoms with Crippen molar-refractivity contribution in [1.82, 2.24) is 19.3 Å². The van der Waals surface area contributed by atoms with Crippen molar-refractivity contribution in [2.45, 2.75) is 33.2 Å². The minimum Gasteiger partial charge on any atom is -0.508 e. The van der Waals surface area contributed by atoms with E-state index in [0.29, 0.717) is 29.8 Å². The molecule has 0 fully saturated rings. The van der Waals surface area contributed by atoms with Gasteiger partial charge in [-0.05, 0) is 50.1 Å². The van der Waals surface area contributed by atoms with E-state index in [2.05, 4.69) is 52.3 Å². The summed E-state index contributed by atoms with van der Waals surface area (Å²) < 4.78 is 4.12. The molecule has 2 aromatic heterocycles. The maximum atomic E-state index is 10.5. The normalized spacial score (nSPS) is 11.5. The van der Waals surface area contributed by atoms with E-state index in [0.717, 1.165) is 22.2 Å². The first-order chi connectivity index (χ1) is 14.0. The van der Waals surface area contributed by atoms with Gasteiger partial charge in [-0.3, -0.25) is 4.57 Å². The van der Waals surface area contributed by atoms with Crippen LogP contribution in [0.1, 0.15) is 32.4 Å². The lowest BCUT2D eigenvalue weighted by atomic mass is 10.1. The van der Waals surface area contributed by atoms with Crippen LogP contribution in [0, 0.1) is 0 Å². The van der Waals surface area contributed by atoms with Crippen LogP contribution in [0.4, 0.5) is 5.95 Å². The summed E-state index contributed by atoms with van der Waals surface area (Å²) in [6, 6.07) is 11.7. The Morgan fingerprint density at radius 3 is 2.55 bits per heavy atom. The molecule has 3 N–H and O–H groups in total. The Morgan fingerprint density at radius 2 is 1.86 bits per heavy atom. The van der Waals surface area contributed by atoms with E-state index in [1.165, 1.54) is 6.07 Å². The summed E-state index contributed by atoms with van der Waals surface area (Å²) in [4.78, 5) is 0. The molecule has 0 aliphatic carbocycles. The van der Waals surface area contributed by atoms with Gasteiger partial charge < -0.3 is 20.1 Å². The van der Waals surface area contributed by atoms with Crippen molar-refractivity contribution in [3.63, 3.8) is 0 Å². The van der Waals surface area contributed by atoms with E-state index in [-0.39, 0.29) is 11.5 Å². The first kappa shape index (κ1) is 18.9. The number of nitrogens with zero attached hydrogens (tertiary/aromatic N) is 4. The summed E-state index contributed by atoms with van der Waals surface area (Å²) in [6.07, 6.45) is 2.72. The average molecular weight is 391 g/mol. The van der Waals surface area contributed by atoms with Crippen LogP contribution in [0.15, 0.2) is 42.6 Å². The second-order valence-corrected chi connectivity index (χ2v) is 7.31. The number of benzene rings is 2. The SMILES string of the molecule is CCc1cc(-c2nnc(NC)n2-c2cccc3c2ccn3C(C)C)c(O)cc1O. The largest absolute Gasteiger partial charge is 0.508 e. The minimum atomic E-state index is -0.0390. The van der Waals surface area contributed by atoms with Gasteiger partial charge in [0.2, 0.25) is 5.95 Å². The third-order valence-corrected chi connectivity index (χ3v) is 5.24. The molecule has 0 amide bonds. The Morgan fingerprint density at radius 1 is 1.07 bits per heavy atom. The number of aryl methyl sites for hydroxylation is 1. The van der Waals surface area contributed by atoms with Gasteiger partial charge in [-0.2, -0.15) is 0 Å². The highest BCUT2D eigenvalue weighted by Crippen LogP contribution is 2.37. The Balaban J connectivity index is 2.00. The van der Waals surface area contributed by atoms with Gasteiger partial charge in [0.1, 0.15) is 11.5 Å². The number of anilines is 1. The molecule has 7 nitrogen and oxygen atoms in total. The quantitative estimate of drug-likeness (QED) is 0.467. The first-order valence-electron chi connectivity index (χ1n) is 9.74. The molecule has 0 spiro atoms. The Kier molecular flexibility index (Phi) is 4.66. The number of hydrogen-bond donors (Lipinski definition) is 3. The molecule has 150 valence electrons. The van der Waals surface area contributed by atoms with E-state index in [1.807, 2.05) is 23.6 Å². The Labute approximate surface area is 169 Å². The zero-order valence-electron chi connectivity index (χ0n) is 17.0. The number of nitrogens with one attached hydrogen (secondary N) is 1. The molecule has 4 aromatic rings.